The third kappa shape index (κ3) is 2.83. The third-order valence-corrected chi connectivity index (χ3v) is 4.65. The van der Waals surface area contributed by atoms with E-state index in [4.69, 9.17) is 10.5 Å². The number of thioether (sulfide) groups is 1. The molecule has 1 aromatic carbocycles. The summed E-state index contributed by atoms with van der Waals surface area (Å²) in [6.07, 6.45) is 0. The van der Waals surface area contributed by atoms with E-state index in [-0.39, 0.29) is 0 Å². The second-order valence-corrected chi connectivity index (χ2v) is 6.38. The highest BCUT2D eigenvalue weighted by Crippen LogP contribution is 2.36. The van der Waals surface area contributed by atoms with Crippen molar-refractivity contribution < 1.29 is 4.74 Å². The summed E-state index contributed by atoms with van der Waals surface area (Å²) in [7, 11) is 1.66. The number of aromatic nitrogens is 2. The van der Waals surface area contributed by atoms with Crippen LogP contribution >= 0.6 is 11.8 Å². The van der Waals surface area contributed by atoms with Crippen LogP contribution in [0.25, 0.3) is 11.3 Å². The normalized spacial score (nSPS) is 14.9. The van der Waals surface area contributed by atoms with Gasteiger partial charge < -0.3 is 15.4 Å². The Balaban J connectivity index is 2.10. The van der Waals surface area contributed by atoms with E-state index in [1.807, 2.05) is 43.0 Å². The van der Waals surface area contributed by atoms with Crippen molar-refractivity contribution in [1.29, 1.82) is 0 Å². The zero-order valence-corrected chi connectivity index (χ0v) is 13.7. The highest BCUT2D eigenvalue weighted by Gasteiger charge is 2.20. The highest BCUT2D eigenvalue weighted by atomic mass is 32.2. The topological polar surface area (TPSA) is 64.3 Å². The van der Waals surface area contributed by atoms with Crippen LogP contribution in [0.4, 0.5) is 11.5 Å². The van der Waals surface area contributed by atoms with Gasteiger partial charge in [0.15, 0.2) is 5.82 Å². The second kappa shape index (κ2) is 6.44. The van der Waals surface area contributed by atoms with Crippen LogP contribution in [0.2, 0.25) is 0 Å². The molecule has 2 heterocycles. The van der Waals surface area contributed by atoms with Crippen molar-refractivity contribution in [2.75, 3.05) is 42.3 Å². The summed E-state index contributed by atoms with van der Waals surface area (Å²) in [5, 5.41) is 0. The monoisotopic (exact) mass is 316 g/mol. The maximum atomic E-state index is 6.41. The summed E-state index contributed by atoms with van der Waals surface area (Å²) < 4.78 is 5.45. The minimum absolute atomic E-state index is 0.627. The molecular formula is C16H20N4OS. The van der Waals surface area contributed by atoms with E-state index in [2.05, 4.69) is 14.9 Å². The van der Waals surface area contributed by atoms with Crippen molar-refractivity contribution >= 4 is 23.3 Å². The van der Waals surface area contributed by atoms with Crippen molar-refractivity contribution in [3.63, 3.8) is 0 Å². The molecule has 1 fully saturated rings. The number of para-hydroxylation sites is 1. The Morgan fingerprint density at radius 3 is 2.64 bits per heavy atom. The SMILES string of the molecule is COc1ccccc1-c1nc(C)nc(N2CCSCC2)c1N. The van der Waals surface area contributed by atoms with Crippen LogP contribution in [0.5, 0.6) is 5.75 Å². The molecule has 2 N–H and O–H groups in total. The van der Waals surface area contributed by atoms with Gasteiger partial charge >= 0.3 is 0 Å². The number of benzene rings is 1. The molecule has 2 aromatic rings. The molecule has 6 heteroatoms. The number of anilines is 2. The molecule has 3 rings (SSSR count). The molecule has 0 bridgehead atoms. The van der Waals surface area contributed by atoms with Crippen LogP contribution in [0, 0.1) is 6.92 Å². The predicted octanol–water partition coefficient (Wildman–Crippen LogP) is 2.60. The van der Waals surface area contributed by atoms with E-state index in [0.717, 1.165) is 53.2 Å². The molecule has 1 aliphatic rings. The van der Waals surface area contributed by atoms with Gasteiger partial charge in [-0.2, -0.15) is 11.8 Å². The number of aryl methyl sites for hydroxylation is 1. The number of hydrogen-bond acceptors (Lipinski definition) is 6. The van der Waals surface area contributed by atoms with Crippen molar-refractivity contribution in [3.05, 3.63) is 30.1 Å². The fraction of sp³-hybridized carbons (Fsp3) is 0.375. The molecule has 0 unspecified atom stereocenters. The van der Waals surface area contributed by atoms with Gasteiger partial charge in [0.25, 0.3) is 0 Å². The van der Waals surface area contributed by atoms with Crippen LogP contribution in [0.1, 0.15) is 5.82 Å². The van der Waals surface area contributed by atoms with E-state index in [1.165, 1.54) is 0 Å². The van der Waals surface area contributed by atoms with E-state index in [0.29, 0.717) is 5.69 Å². The molecule has 0 amide bonds. The average Bonchev–Trinajstić information content (AvgIpc) is 2.57. The van der Waals surface area contributed by atoms with Crippen molar-refractivity contribution in [2.24, 2.45) is 0 Å². The average molecular weight is 316 g/mol. The van der Waals surface area contributed by atoms with Gasteiger partial charge in [-0.1, -0.05) is 12.1 Å². The predicted molar refractivity (Wildman–Crippen MR) is 92.7 cm³/mol. The van der Waals surface area contributed by atoms with Gasteiger partial charge in [-0.15, -0.1) is 0 Å². The number of nitrogen functional groups attached to an aromatic ring is 1. The van der Waals surface area contributed by atoms with E-state index >= 15 is 0 Å². The molecule has 1 aliphatic heterocycles. The molecular weight excluding hydrogens is 296 g/mol. The zero-order chi connectivity index (χ0) is 15.5. The van der Waals surface area contributed by atoms with Gasteiger partial charge in [0, 0.05) is 30.2 Å². The van der Waals surface area contributed by atoms with Crippen LogP contribution < -0.4 is 15.4 Å². The lowest BCUT2D eigenvalue weighted by atomic mass is 10.1. The number of nitrogens with two attached hydrogens (primary N) is 1. The van der Waals surface area contributed by atoms with Crippen LogP contribution in [-0.4, -0.2) is 41.7 Å². The molecule has 0 atom stereocenters. The Labute approximate surface area is 134 Å². The summed E-state index contributed by atoms with van der Waals surface area (Å²) in [5.41, 5.74) is 8.69. The van der Waals surface area contributed by atoms with Crippen LogP contribution in [0.15, 0.2) is 24.3 Å². The van der Waals surface area contributed by atoms with Gasteiger partial charge in [0.05, 0.1) is 7.11 Å². The highest BCUT2D eigenvalue weighted by molar-refractivity contribution is 7.99. The van der Waals surface area contributed by atoms with Crippen LogP contribution in [-0.2, 0) is 0 Å². The smallest absolute Gasteiger partial charge is 0.156 e. The first-order valence-corrected chi connectivity index (χ1v) is 8.46. The molecule has 0 saturated carbocycles. The van der Waals surface area contributed by atoms with Gasteiger partial charge in [0.2, 0.25) is 0 Å². The number of rotatable bonds is 3. The Morgan fingerprint density at radius 1 is 1.18 bits per heavy atom. The third-order valence-electron chi connectivity index (χ3n) is 3.71. The maximum absolute atomic E-state index is 6.41. The van der Waals surface area contributed by atoms with Crippen molar-refractivity contribution in [1.82, 2.24) is 9.97 Å². The van der Waals surface area contributed by atoms with Crippen LogP contribution in [0.3, 0.4) is 0 Å². The summed E-state index contributed by atoms with van der Waals surface area (Å²) in [6, 6.07) is 7.80. The zero-order valence-electron chi connectivity index (χ0n) is 12.9. The summed E-state index contributed by atoms with van der Waals surface area (Å²) in [5.74, 6) is 4.54. The number of nitrogens with zero attached hydrogens (tertiary/aromatic N) is 3. The molecule has 0 aliphatic carbocycles. The molecule has 5 nitrogen and oxygen atoms in total. The van der Waals surface area contributed by atoms with Crippen molar-refractivity contribution in [2.45, 2.75) is 6.92 Å². The Kier molecular flexibility index (Phi) is 4.38. The van der Waals surface area contributed by atoms with E-state index in [1.54, 1.807) is 7.11 Å². The quantitative estimate of drug-likeness (QED) is 0.939. The summed E-state index contributed by atoms with van der Waals surface area (Å²) >= 11 is 1.96. The first-order chi connectivity index (χ1) is 10.7. The minimum atomic E-state index is 0.627. The summed E-state index contributed by atoms with van der Waals surface area (Å²) in [6.45, 7) is 3.84. The van der Waals surface area contributed by atoms with Crippen molar-refractivity contribution in [3.8, 4) is 17.0 Å². The van der Waals surface area contributed by atoms with Gasteiger partial charge in [-0.25, -0.2) is 9.97 Å². The van der Waals surface area contributed by atoms with Gasteiger partial charge in [-0.05, 0) is 19.1 Å². The molecule has 1 aromatic heterocycles. The first kappa shape index (κ1) is 15.0. The number of methoxy groups -OCH3 is 1. The molecule has 22 heavy (non-hydrogen) atoms. The molecule has 116 valence electrons. The lowest BCUT2D eigenvalue weighted by molar-refractivity contribution is 0.416. The van der Waals surface area contributed by atoms with E-state index in [9.17, 15) is 0 Å². The number of ether oxygens (including phenoxy) is 1. The standard InChI is InChI=1S/C16H20N4OS/c1-11-18-15(12-5-3-4-6-13(12)21-2)14(17)16(19-11)20-7-9-22-10-8-20/h3-6H,7-10,17H2,1-2H3. The van der Waals surface area contributed by atoms with Gasteiger partial charge in [0.1, 0.15) is 23.0 Å². The Hall–Kier alpha value is -1.95. The van der Waals surface area contributed by atoms with E-state index < -0.39 is 0 Å². The largest absolute Gasteiger partial charge is 0.496 e. The minimum Gasteiger partial charge on any atom is -0.496 e. The lowest BCUT2D eigenvalue weighted by Crippen LogP contribution is -2.34. The van der Waals surface area contributed by atoms with Gasteiger partial charge in [-0.3, -0.25) is 0 Å². The number of hydrogen-bond donors (Lipinski definition) is 1. The Bertz CT molecular complexity index is 671. The summed E-state index contributed by atoms with van der Waals surface area (Å²) in [4.78, 5) is 11.4. The lowest BCUT2D eigenvalue weighted by Gasteiger charge is -2.29. The fourth-order valence-corrected chi connectivity index (χ4v) is 3.53. The maximum Gasteiger partial charge on any atom is 0.156 e. The Morgan fingerprint density at radius 2 is 1.91 bits per heavy atom. The molecule has 0 spiro atoms. The second-order valence-electron chi connectivity index (χ2n) is 5.16. The first-order valence-electron chi connectivity index (χ1n) is 7.31. The fourth-order valence-electron chi connectivity index (χ4n) is 2.63. The molecule has 1 saturated heterocycles. The molecule has 0 radical (unpaired) electrons.